The standard InChI is InChI=1S/C29H32F4N8O/c1-17-4-5-19(12-25(17)41-16-24(36-37-41)22-15-34-38(3)18(22)2)28(42)35-20-13-23(29(31,32)33)27(30)26(14-20)40-10-8-39(9-11-40)21-6-7-21/h4-5,12-16,21,36-37H,6-11H2,1-3H3,(H,35,42). The molecule has 1 saturated carbocycles. The molecule has 13 heteroatoms. The Labute approximate surface area is 240 Å². The number of hydrazine groups is 2. The molecule has 0 atom stereocenters. The fraction of sp³-hybridized carbons (Fsp3) is 0.379. The number of nitrogens with zero attached hydrogens (tertiary/aromatic N) is 5. The van der Waals surface area contributed by atoms with Crippen molar-refractivity contribution in [3.8, 4) is 0 Å². The molecule has 3 N–H and O–H groups in total. The second-order valence-electron chi connectivity index (χ2n) is 11.0. The van der Waals surface area contributed by atoms with Crippen LogP contribution >= 0.6 is 0 Å². The van der Waals surface area contributed by atoms with Crippen molar-refractivity contribution < 1.29 is 22.4 Å². The molecule has 3 aromatic rings. The zero-order valence-electron chi connectivity index (χ0n) is 23.5. The van der Waals surface area contributed by atoms with Gasteiger partial charge in [-0.05, 0) is 56.5 Å². The van der Waals surface area contributed by atoms with Crippen molar-refractivity contribution in [1.82, 2.24) is 25.6 Å². The van der Waals surface area contributed by atoms with Crippen molar-refractivity contribution in [2.24, 2.45) is 7.05 Å². The van der Waals surface area contributed by atoms with Gasteiger partial charge in [0.25, 0.3) is 5.91 Å². The Morgan fingerprint density at radius 2 is 1.79 bits per heavy atom. The lowest BCUT2D eigenvalue weighted by molar-refractivity contribution is -0.139. The topological polar surface area (TPSA) is 80.7 Å². The summed E-state index contributed by atoms with van der Waals surface area (Å²) in [5, 5.41) is 8.55. The lowest BCUT2D eigenvalue weighted by atomic mass is 10.1. The first-order valence-corrected chi connectivity index (χ1v) is 13.8. The van der Waals surface area contributed by atoms with Gasteiger partial charge in [0.2, 0.25) is 0 Å². The lowest BCUT2D eigenvalue weighted by Gasteiger charge is -2.36. The number of aryl methyl sites for hydroxylation is 2. The number of benzene rings is 2. The summed E-state index contributed by atoms with van der Waals surface area (Å²) in [5.74, 6) is -1.93. The van der Waals surface area contributed by atoms with Gasteiger partial charge in [-0.3, -0.25) is 19.4 Å². The van der Waals surface area contributed by atoms with Crippen LogP contribution in [0.4, 0.5) is 34.6 Å². The highest BCUT2D eigenvalue weighted by atomic mass is 19.4. The minimum absolute atomic E-state index is 0.120. The summed E-state index contributed by atoms with van der Waals surface area (Å²) in [6, 6.07) is 7.47. The van der Waals surface area contributed by atoms with E-state index >= 15 is 4.39 Å². The second-order valence-corrected chi connectivity index (χ2v) is 11.0. The van der Waals surface area contributed by atoms with Crippen LogP contribution in [0.5, 0.6) is 0 Å². The molecule has 2 aromatic carbocycles. The van der Waals surface area contributed by atoms with Crippen LogP contribution in [0.2, 0.25) is 0 Å². The molecule has 0 spiro atoms. The van der Waals surface area contributed by atoms with Crippen LogP contribution in [-0.4, -0.2) is 52.8 Å². The molecule has 9 nitrogen and oxygen atoms in total. The highest BCUT2D eigenvalue weighted by Crippen LogP contribution is 2.39. The highest BCUT2D eigenvalue weighted by Gasteiger charge is 2.38. The maximum atomic E-state index is 15.2. The number of carbonyl (C=O) groups excluding carboxylic acids is 1. The summed E-state index contributed by atoms with van der Waals surface area (Å²) in [6.45, 7) is 5.96. The summed E-state index contributed by atoms with van der Waals surface area (Å²) in [7, 11) is 1.85. The van der Waals surface area contributed by atoms with Gasteiger partial charge in [0, 0.05) is 68.0 Å². The predicted octanol–water partition coefficient (Wildman–Crippen LogP) is 4.56. The lowest BCUT2D eigenvalue weighted by Crippen LogP contribution is -2.47. The number of piperazine rings is 1. The van der Waals surface area contributed by atoms with E-state index in [1.54, 1.807) is 39.0 Å². The third kappa shape index (κ3) is 5.41. The molecule has 0 unspecified atom stereocenters. The predicted molar refractivity (Wildman–Crippen MR) is 152 cm³/mol. The SMILES string of the molecule is Cc1ccc(C(=O)Nc2cc(N3CCN(C4CC4)CC3)c(F)c(C(F)(F)F)c2)cc1N1C=C(c2cnn(C)c2C)NN1. The van der Waals surface area contributed by atoms with E-state index < -0.39 is 23.5 Å². The number of carbonyl (C=O) groups is 1. The van der Waals surface area contributed by atoms with Crippen molar-refractivity contribution in [2.45, 2.75) is 38.9 Å². The largest absolute Gasteiger partial charge is 0.419 e. The molecular weight excluding hydrogens is 552 g/mol. The molecule has 222 valence electrons. The van der Waals surface area contributed by atoms with Crippen LogP contribution in [0.15, 0.2) is 42.7 Å². The number of aromatic nitrogens is 2. The average molecular weight is 585 g/mol. The summed E-state index contributed by atoms with van der Waals surface area (Å²) >= 11 is 0. The Morgan fingerprint density at radius 3 is 2.43 bits per heavy atom. The van der Waals surface area contributed by atoms with E-state index in [4.69, 9.17) is 0 Å². The summed E-state index contributed by atoms with van der Waals surface area (Å²) in [4.78, 5) is 17.2. The molecule has 1 saturated heterocycles. The van der Waals surface area contributed by atoms with Gasteiger partial charge in [0.15, 0.2) is 5.82 Å². The third-order valence-corrected chi connectivity index (χ3v) is 8.16. The number of anilines is 3. The van der Waals surface area contributed by atoms with Crippen LogP contribution in [0, 0.1) is 19.7 Å². The smallest absolute Gasteiger partial charge is 0.367 e. The zero-order valence-corrected chi connectivity index (χ0v) is 23.5. The number of hydrogen-bond donors (Lipinski definition) is 3. The molecule has 0 bridgehead atoms. The fourth-order valence-corrected chi connectivity index (χ4v) is 5.44. The Bertz CT molecular complexity index is 1550. The molecule has 2 aliphatic heterocycles. The van der Waals surface area contributed by atoms with E-state index in [9.17, 15) is 18.0 Å². The van der Waals surface area contributed by atoms with Gasteiger partial charge in [-0.2, -0.15) is 18.3 Å². The Hall–Kier alpha value is -4.10. The number of rotatable bonds is 6. The average Bonchev–Trinajstić information content (AvgIpc) is 3.61. The molecule has 1 amide bonds. The molecule has 6 rings (SSSR count). The number of halogens is 4. The van der Waals surface area contributed by atoms with Crippen molar-refractivity contribution >= 4 is 28.7 Å². The van der Waals surface area contributed by atoms with Gasteiger partial charge >= 0.3 is 6.18 Å². The van der Waals surface area contributed by atoms with Gasteiger partial charge in [-0.25, -0.2) is 4.39 Å². The van der Waals surface area contributed by atoms with Gasteiger partial charge in [-0.15, -0.1) is 5.53 Å². The van der Waals surface area contributed by atoms with Gasteiger partial charge in [-0.1, -0.05) is 6.07 Å². The van der Waals surface area contributed by atoms with Crippen molar-refractivity contribution in [2.75, 3.05) is 41.4 Å². The zero-order chi connectivity index (χ0) is 29.8. The summed E-state index contributed by atoms with van der Waals surface area (Å²) < 4.78 is 58.5. The quantitative estimate of drug-likeness (QED) is 0.367. The number of alkyl halides is 3. The van der Waals surface area contributed by atoms with E-state index in [0.29, 0.717) is 44.0 Å². The van der Waals surface area contributed by atoms with Crippen LogP contribution in [-0.2, 0) is 13.2 Å². The number of amides is 1. The van der Waals surface area contributed by atoms with Crippen LogP contribution in [0.1, 0.15) is 45.6 Å². The molecule has 1 aromatic heterocycles. The first-order chi connectivity index (χ1) is 20.0. The van der Waals surface area contributed by atoms with E-state index in [1.807, 2.05) is 27.1 Å². The molecule has 42 heavy (non-hydrogen) atoms. The van der Waals surface area contributed by atoms with Crippen LogP contribution in [0.3, 0.4) is 0 Å². The normalized spacial score (nSPS) is 17.8. The van der Waals surface area contributed by atoms with E-state index in [2.05, 4.69) is 26.3 Å². The minimum atomic E-state index is -4.92. The Balaban J connectivity index is 1.25. The highest BCUT2D eigenvalue weighted by molar-refractivity contribution is 6.05. The van der Waals surface area contributed by atoms with Crippen molar-refractivity contribution in [1.29, 1.82) is 0 Å². The van der Waals surface area contributed by atoms with E-state index in [0.717, 1.165) is 35.4 Å². The Kier molecular flexibility index (Phi) is 7.09. The summed E-state index contributed by atoms with van der Waals surface area (Å²) in [6.07, 6.45) is 0.910. The molecule has 0 radical (unpaired) electrons. The first-order valence-electron chi connectivity index (χ1n) is 13.8. The number of hydrogen-bond acceptors (Lipinski definition) is 7. The molecule has 3 aliphatic rings. The Morgan fingerprint density at radius 1 is 1.05 bits per heavy atom. The summed E-state index contributed by atoms with van der Waals surface area (Å²) in [5.41, 5.74) is 8.87. The monoisotopic (exact) mass is 584 g/mol. The molecule has 3 heterocycles. The van der Waals surface area contributed by atoms with E-state index in [-0.39, 0.29) is 16.9 Å². The molecular formula is C29H32F4N8O. The van der Waals surface area contributed by atoms with Crippen LogP contribution < -0.4 is 26.2 Å². The number of nitrogens with one attached hydrogen (secondary N) is 3. The molecule has 2 fully saturated rings. The van der Waals surface area contributed by atoms with Crippen LogP contribution in [0.25, 0.3) is 5.70 Å². The first kappa shape index (κ1) is 28.0. The second kappa shape index (κ2) is 10.6. The van der Waals surface area contributed by atoms with Gasteiger partial charge in [0.1, 0.15) is 0 Å². The third-order valence-electron chi connectivity index (χ3n) is 8.16. The molecule has 1 aliphatic carbocycles. The van der Waals surface area contributed by atoms with Crippen molar-refractivity contribution in [3.63, 3.8) is 0 Å². The minimum Gasteiger partial charge on any atom is -0.367 e. The fourth-order valence-electron chi connectivity index (χ4n) is 5.44. The van der Waals surface area contributed by atoms with Crippen molar-refractivity contribution in [3.05, 3.63) is 76.5 Å². The maximum absolute atomic E-state index is 15.2. The van der Waals surface area contributed by atoms with Gasteiger partial charge < -0.3 is 15.6 Å². The maximum Gasteiger partial charge on any atom is 0.419 e. The van der Waals surface area contributed by atoms with Gasteiger partial charge in [0.05, 0.1) is 28.8 Å². The van der Waals surface area contributed by atoms with E-state index in [1.165, 1.54) is 6.07 Å².